The van der Waals surface area contributed by atoms with E-state index in [-0.39, 0.29) is 18.1 Å². The Hall–Kier alpha value is -2.32. The number of carbonyl (C=O) groups excluding carboxylic acids is 2. The number of carbonyl (C=O) groups is 2. The van der Waals surface area contributed by atoms with Crippen molar-refractivity contribution in [1.29, 1.82) is 0 Å². The summed E-state index contributed by atoms with van der Waals surface area (Å²) in [7, 11) is 0. The number of benzene rings is 2. The summed E-state index contributed by atoms with van der Waals surface area (Å²) in [5.74, 6) is -0.111. The van der Waals surface area contributed by atoms with E-state index >= 15 is 0 Å². The summed E-state index contributed by atoms with van der Waals surface area (Å²) < 4.78 is 0.915. The Labute approximate surface area is 196 Å². The lowest BCUT2D eigenvalue weighted by Crippen LogP contribution is -2.27. The van der Waals surface area contributed by atoms with Crippen LogP contribution in [0.5, 0.6) is 0 Å². The summed E-state index contributed by atoms with van der Waals surface area (Å²) in [6.45, 7) is 0. The highest BCUT2D eigenvalue weighted by Gasteiger charge is 2.51. The number of thiazole rings is 2. The quantitative estimate of drug-likeness (QED) is 0.330. The van der Waals surface area contributed by atoms with Gasteiger partial charge in [0.25, 0.3) is 0 Å². The predicted octanol–water partition coefficient (Wildman–Crippen LogP) is 6.16. The molecule has 0 radical (unpaired) electrons. The van der Waals surface area contributed by atoms with Gasteiger partial charge in [0.15, 0.2) is 10.9 Å². The number of rotatable bonds is 6. The van der Waals surface area contributed by atoms with Crippen molar-refractivity contribution in [3.8, 4) is 0 Å². The number of nitrogens with one attached hydrogen (secondary N) is 1. The molecular formula is C22H15Cl2N3O2S2. The van der Waals surface area contributed by atoms with Crippen LogP contribution in [0.3, 0.4) is 0 Å². The smallest absolute Gasteiger partial charge is 0.236 e. The number of amides is 1. The van der Waals surface area contributed by atoms with Crippen molar-refractivity contribution in [2.45, 2.75) is 24.7 Å². The molecule has 0 unspecified atom stereocenters. The van der Waals surface area contributed by atoms with Gasteiger partial charge in [0.1, 0.15) is 5.69 Å². The third kappa shape index (κ3) is 3.99. The molecule has 5 rings (SSSR count). The van der Waals surface area contributed by atoms with Gasteiger partial charge in [-0.15, -0.1) is 11.3 Å². The molecule has 0 aliphatic heterocycles. The molecule has 1 aliphatic carbocycles. The molecule has 2 heterocycles. The number of hydrogen-bond acceptors (Lipinski definition) is 6. The van der Waals surface area contributed by atoms with Crippen LogP contribution in [0.2, 0.25) is 10.0 Å². The van der Waals surface area contributed by atoms with Gasteiger partial charge >= 0.3 is 0 Å². The molecule has 0 atom stereocenters. The Balaban J connectivity index is 1.34. The van der Waals surface area contributed by atoms with E-state index in [2.05, 4.69) is 15.3 Å². The molecule has 1 fully saturated rings. The minimum absolute atomic E-state index is 0.0176. The zero-order valence-corrected chi connectivity index (χ0v) is 19.2. The first kappa shape index (κ1) is 20.6. The van der Waals surface area contributed by atoms with Crippen LogP contribution in [0.25, 0.3) is 10.2 Å². The highest BCUT2D eigenvalue weighted by Crippen LogP contribution is 2.50. The van der Waals surface area contributed by atoms with E-state index in [0.717, 1.165) is 34.2 Å². The fourth-order valence-electron chi connectivity index (χ4n) is 3.54. The van der Waals surface area contributed by atoms with E-state index in [1.165, 1.54) is 22.7 Å². The van der Waals surface area contributed by atoms with Crippen LogP contribution in [-0.2, 0) is 16.6 Å². The van der Waals surface area contributed by atoms with Crippen LogP contribution >= 0.6 is 45.9 Å². The maximum atomic E-state index is 13.0. The number of nitrogens with zero attached hydrogens (tertiary/aromatic N) is 2. The number of halogens is 2. The van der Waals surface area contributed by atoms with Gasteiger partial charge in [-0.1, -0.05) is 46.7 Å². The van der Waals surface area contributed by atoms with Crippen molar-refractivity contribution in [2.75, 3.05) is 5.32 Å². The first-order chi connectivity index (χ1) is 14.9. The zero-order chi connectivity index (χ0) is 21.6. The normalized spacial score (nSPS) is 14.5. The summed E-state index contributed by atoms with van der Waals surface area (Å²) in [5.41, 5.74) is 4.09. The lowest BCUT2D eigenvalue weighted by Gasteiger charge is -2.15. The molecule has 5 nitrogen and oxygen atoms in total. The average Bonchev–Trinajstić information content (AvgIpc) is 3.18. The molecule has 2 aromatic heterocycles. The number of aromatic nitrogens is 2. The molecule has 1 saturated carbocycles. The fraction of sp³-hybridized carbons (Fsp3) is 0.182. The van der Waals surface area contributed by atoms with Crippen molar-refractivity contribution in [2.24, 2.45) is 0 Å². The highest BCUT2D eigenvalue weighted by molar-refractivity contribution is 7.22. The van der Waals surface area contributed by atoms with Crippen LogP contribution < -0.4 is 5.32 Å². The fourth-order valence-corrected chi connectivity index (χ4v) is 5.32. The largest absolute Gasteiger partial charge is 0.301 e. The van der Waals surface area contributed by atoms with Gasteiger partial charge in [-0.3, -0.25) is 9.59 Å². The van der Waals surface area contributed by atoms with Gasteiger partial charge in [0.2, 0.25) is 5.91 Å². The van der Waals surface area contributed by atoms with Gasteiger partial charge in [0.05, 0.1) is 31.2 Å². The van der Waals surface area contributed by atoms with Gasteiger partial charge in [-0.05, 0) is 48.2 Å². The van der Waals surface area contributed by atoms with Gasteiger partial charge < -0.3 is 5.32 Å². The number of fused-ring (bicyclic) bond motifs is 1. The molecule has 0 spiro atoms. The summed E-state index contributed by atoms with van der Waals surface area (Å²) >= 11 is 15.0. The zero-order valence-electron chi connectivity index (χ0n) is 16.0. The molecule has 1 amide bonds. The predicted molar refractivity (Wildman–Crippen MR) is 126 cm³/mol. The Morgan fingerprint density at radius 3 is 2.65 bits per heavy atom. The van der Waals surface area contributed by atoms with Crippen molar-refractivity contribution in [1.82, 2.24) is 9.97 Å². The summed E-state index contributed by atoms with van der Waals surface area (Å²) in [5, 5.41) is 6.17. The Morgan fingerprint density at radius 1 is 1.10 bits per heavy atom. The van der Waals surface area contributed by atoms with E-state index in [1.54, 1.807) is 23.0 Å². The van der Waals surface area contributed by atoms with E-state index in [0.29, 0.717) is 20.9 Å². The molecule has 2 aromatic carbocycles. The average molecular weight is 488 g/mol. The molecule has 4 aromatic rings. The lowest BCUT2D eigenvalue weighted by molar-refractivity contribution is -0.118. The van der Waals surface area contributed by atoms with E-state index in [4.69, 9.17) is 23.2 Å². The van der Waals surface area contributed by atoms with E-state index < -0.39 is 5.41 Å². The third-order valence-corrected chi connectivity index (χ3v) is 7.67. The lowest BCUT2D eigenvalue weighted by atomic mass is 9.95. The molecule has 156 valence electrons. The standard InChI is InChI=1S/C22H15Cl2N3O2S2/c23-14-3-2-13(9-15(14)24)22(5-6-22)20(29)27-21-26-16-4-1-12(8-19(16)31-21)7-18(28)17-10-30-11-25-17/h1-4,8-11H,5-7H2,(H,26,27,29). The second kappa shape index (κ2) is 7.98. The molecule has 31 heavy (non-hydrogen) atoms. The minimum Gasteiger partial charge on any atom is -0.301 e. The highest BCUT2D eigenvalue weighted by atomic mass is 35.5. The third-order valence-electron chi connectivity index (χ3n) is 5.41. The van der Waals surface area contributed by atoms with Crippen LogP contribution in [0.1, 0.15) is 34.5 Å². The van der Waals surface area contributed by atoms with Crippen molar-refractivity contribution in [3.63, 3.8) is 0 Å². The van der Waals surface area contributed by atoms with Crippen molar-refractivity contribution in [3.05, 3.63) is 74.2 Å². The Kier molecular flexibility index (Phi) is 5.30. The number of Topliss-reactive ketones (excluding diaryl/α,β-unsaturated/α-hetero) is 1. The summed E-state index contributed by atoms with van der Waals surface area (Å²) in [6, 6.07) is 11.0. The summed E-state index contributed by atoms with van der Waals surface area (Å²) in [4.78, 5) is 34.0. The topological polar surface area (TPSA) is 72.0 Å². The molecule has 1 aliphatic rings. The van der Waals surface area contributed by atoms with Crippen LogP contribution in [0.4, 0.5) is 5.13 Å². The number of hydrogen-bond donors (Lipinski definition) is 1. The van der Waals surface area contributed by atoms with Gasteiger partial charge in [-0.2, -0.15) is 0 Å². The van der Waals surface area contributed by atoms with Crippen molar-refractivity contribution >= 4 is 72.9 Å². The summed E-state index contributed by atoms with van der Waals surface area (Å²) in [6.07, 6.45) is 1.79. The molecule has 0 bridgehead atoms. The molecule has 9 heteroatoms. The SMILES string of the molecule is O=C(Cc1ccc2nc(NC(=O)C3(c4ccc(Cl)c(Cl)c4)CC3)sc2c1)c1cscn1. The monoisotopic (exact) mass is 487 g/mol. The minimum atomic E-state index is -0.586. The van der Waals surface area contributed by atoms with Gasteiger partial charge in [-0.25, -0.2) is 9.97 Å². The van der Waals surface area contributed by atoms with Crippen molar-refractivity contribution < 1.29 is 9.59 Å². The number of anilines is 1. The first-order valence-corrected chi connectivity index (χ1v) is 12.0. The van der Waals surface area contributed by atoms with E-state index in [9.17, 15) is 9.59 Å². The second-order valence-electron chi connectivity index (χ2n) is 7.46. The Bertz CT molecular complexity index is 1310. The maximum Gasteiger partial charge on any atom is 0.236 e. The molecular weight excluding hydrogens is 473 g/mol. The second-order valence-corrected chi connectivity index (χ2v) is 10.0. The molecule has 1 N–H and O–H groups in total. The van der Waals surface area contributed by atoms with Gasteiger partial charge in [0, 0.05) is 11.8 Å². The van der Waals surface area contributed by atoms with Crippen LogP contribution in [0.15, 0.2) is 47.3 Å². The van der Waals surface area contributed by atoms with Crippen LogP contribution in [-0.4, -0.2) is 21.7 Å². The van der Waals surface area contributed by atoms with E-state index in [1.807, 2.05) is 24.3 Å². The maximum absolute atomic E-state index is 13.0. The molecule has 0 saturated heterocycles. The first-order valence-electron chi connectivity index (χ1n) is 9.52. The number of ketones is 1. The Morgan fingerprint density at radius 2 is 1.94 bits per heavy atom. The van der Waals surface area contributed by atoms with Crippen LogP contribution in [0, 0.1) is 0 Å².